The Morgan fingerprint density at radius 2 is 2.32 bits per heavy atom. The van der Waals surface area contributed by atoms with Gasteiger partial charge in [-0.3, -0.25) is 4.79 Å². The topological polar surface area (TPSA) is 55.3 Å². The van der Waals surface area contributed by atoms with E-state index in [-0.39, 0.29) is 11.9 Å². The molecular formula is C16H19N3O2S. The average Bonchev–Trinajstić information content (AvgIpc) is 3.09. The number of carbonyl (C=O) groups excluding carboxylic acids is 1. The minimum Gasteiger partial charge on any atom is -0.478 e. The van der Waals surface area contributed by atoms with E-state index in [2.05, 4.69) is 9.97 Å². The van der Waals surface area contributed by atoms with Crippen molar-refractivity contribution in [1.29, 1.82) is 0 Å². The summed E-state index contributed by atoms with van der Waals surface area (Å²) in [4.78, 5) is 23.3. The number of rotatable bonds is 4. The third-order valence-corrected chi connectivity index (χ3v) is 4.65. The van der Waals surface area contributed by atoms with Gasteiger partial charge in [0.05, 0.1) is 12.6 Å². The van der Waals surface area contributed by atoms with Crippen molar-refractivity contribution in [2.75, 3.05) is 13.2 Å². The molecule has 1 aliphatic rings. The van der Waals surface area contributed by atoms with Crippen molar-refractivity contribution in [1.82, 2.24) is 14.9 Å². The summed E-state index contributed by atoms with van der Waals surface area (Å²) >= 11 is 1.62. The number of hydrogen-bond acceptors (Lipinski definition) is 5. The van der Waals surface area contributed by atoms with Crippen LogP contribution in [0.15, 0.2) is 29.9 Å². The molecule has 1 fully saturated rings. The molecule has 1 amide bonds. The number of thiazole rings is 1. The van der Waals surface area contributed by atoms with Gasteiger partial charge in [0.2, 0.25) is 5.88 Å². The zero-order chi connectivity index (χ0) is 15.4. The highest BCUT2D eigenvalue weighted by atomic mass is 32.1. The van der Waals surface area contributed by atoms with Gasteiger partial charge in [-0.05, 0) is 32.3 Å². The van der Waals surface area contributed by atoms with E-state index in [1.165, 1.54) is 0 Å². The lowest BCUT2D eigenvalue weighted by Gasteiger charge is -2.34. The van der Waals surface area contributed by atoms with Gasteiger partial charge in [-0.15, -0.1) is 11.3 Å². The molecule has 3 heterocycles. The second-order valence-corrected chi connectivity index (χ2v) is 6.12. The summed E-state index contributed by atoms with van der Waals surface area (Å²) in [6.45, 7) is 3.21. The number of carbonyl (C=O) groups is 1. The summed E-state index contributed by atoms with van der Waals surface area (Å²) < 4.78 is 5.39. The fraction of sp³-hybridized carbons (Fsp3) is 0.438. The van der Waals surface area contributed by atoms with E-state index in [1.54, 1.807) is 35.9 Å². The molecule has 5 nitrogen and oxygen atoms in total. The monoisotopic (exact) mass is 317 g/mol. The molecule has 0 aromatic carbocycles. The third kappa shape index (κ3) is 3.11. The number of hydrogen-bond donors (Lipinski definition) is 0. The van der Waals surface area contributed by atoms with E-state index < -0.39 is 0 Å². The Labute approximate surface area is 134 Å². The van der Waals surface area contributed by atoms with Crippen LogP contribution in [0.2, 0.25) is 0 Å². The Bertz CT molecular complexity index is 630. The summed E-state index contributed by atoms with van der Waals surface area (Å²) in [5.41, 5.74) is 0.627. The largest absolute Gasteiger partial charge is 0.478 e. The Morgan fingerprint density at radius 3 is 3.09 bits per heavy atom. The number of amides is 1. The number of pyridine rings is 1. The van der Waals surface area contributed by atoms with Crippen LogP contribution in [-0.2, 0) is 0 Å². The van der Waals surface area contributed by atoms with Crippen molar-refractivity contribution in [3.63, 3.8) is 0 Å². The summed E-state index contributed by atoms with van der Waals surface area (Å²) in [7, 11) is 0. The number of aromatic nitrogens is 2. The predicted molar refractivity (Wildman–Crippen MR) is 85.1 cm³/mol. The minimum atomic E-state index is 0.0308. The summed E-state index contributed by atoms with van der Waals surface area (Å²) in [6.07, 6.45) is 6.58. The van der Waals surface area contributed by atoms with Crippen molar-refractivity contribution >= 4 is 17.2 Å². The molecule has 116 valence electrons. The molecule has 0 spiro atoms. The number of nitrogens with zero attached hydrogens (tertiary/aromatic N) is 3. The first-order valence-corrected chi connectivity index (χ1v) is 8.46. The fourth-order valence-electron chi connectivity index (χ4n) is 2.77. The van der Waals surface area contributed by atoms with E-state index >= 15 is 0 Å². The maximum Gasteiger partial charge on any atom is 0.254 e. The zero-order valence-corrected chi connectivity index (χ0v) is 13.4. The highest BCUT2D eigenvalue weighted by Gasteiger charge is 2.30. The van der Waals surface area contributed by atoms with Crippen LogP contribution in [0.4, 0.5) is 0 Å². The molecule has 1 aliphatic heterocycles. The molecule has 22 heavy (non-hydrogen) atoms. The van der Waals surface area contributed by atoms with Crippen molar-refractivity contribution in [3.05, 3.63) is 40.5 Å². The van der Waals surface area contributed by atoms with E-state index in [4.69, 9.17) is 4.74 Å². The molecule has 0 bridgehead atoms. The van der Waals surface area contributed by atoms with Crippen LogP contribution >= 0.6 is 11.3 Å². The van der Waals surface area contributed by atoms with Crippen LogP contribution in [0.5, 0.6) is 5.88 Å². The van der Waals surface area contributed by atoms with E-state index in [1.807, 2.05) is 17.2 Å². The maximum absolute atomic E-state index is 12.9. The second kappa shape index (κ2) is 6.87. The molecule has 0 N–H and O–H groups in total. The van der Waals surface area contributed by atoms with Gasteiger partial charge in [0.1, 0.15) is 5.01 Å². The van der Waals surface area contributed by atoms with Crippen LogP contribution in [0, 0.1) is 0 Å². The smallest absolute Gasteiger partial charge is 0.254 e. The first-order chi connectivity index (χ1) is 10.8. The number of likely N-dealkylation sites (tertiary alicyclic amines) is 1. The minimum absolute atomic E-state index is 0.0308. The van der Waals surface area contributed by atoms with E-state index in [0.717, 1.165) is 30.8 Å². The molecule has 1 atom stereocenters. The first-order valence-electron chi connectivity index (χ1n) is 7.59. The molecule has 3 rings (SSSR count). The molecule has 0 unspecified atom stereocenters. The van der Waals surface area contributed by atoms with Crippen LogP contribution in [-0.4, -0.2) is 33.9 Å². The Hall–Kier alpha value is -1.95. The van der Waals surface area contributed by atoms with Gasteiger partial charge in [0.15, 0.2) is 0 Å². The number of ether oxygens (including phenoxy) is 1. The maximum atomic E-state index is 12.9. The normalized spacial score (nSPS) is 18.2. The lowest BCUT2D eigenvalue weighted by molar-refractivity contribution is 0.0610. The van der Waals surface area contributed by atoms with Gasteiger partial charge in [0.25, 0.3) is 5.91 Å². The van der Waals surface area contributed by atoms with Crippen LogP contribution < -0.4 is 4.74 Å². The highest BCUT2D eigenvalue weighted by Crippen LogP contribution is 2.33. The SMILES string of the molecule is CCOc1cc(C(=O)N2CCCC[C@H]2c2nccs2)ccn1. The molecule has 0 saturated carbocycles. The summed E-state index contributed by atoms with van der Waals surface area (Å²) in [6, 6.07) is 3.56. The predicted octanol–water partition coefficient (Wildman–Crippen LogP) is 3.30. The number of piperidine rings is 1. The fourth-order valence-corrected chi connectivity index (χ4v) is 3.55. The molecular weight excluding hydrogens is 298 g/mol. The second-order valence-electron chi connectivity index (χ2n) is 5.20. The molecule has 0 radical (unpaired) electrons. The summed E-state index contributed by atoms with van der Waals surface area (Å²) in [5.74, 6) is 0.527. The van der Waals surface area contributed by atoms with Gasteiger partial charge in [0, 0.05) is 35.9 Å². The standard InChI is InChI=1S/C16H19N3O2S/c1-2-21-14-11-12(6-7-17-14)16(20)19-9-4-3-5-13(19)15-18-8-10-22-15/h6-8,10-11,13H,2-5,9H2,1H3/t13-/m0/s1. The van der Waals surface area contributed by atoms with Gasteiger partial charge in [-0.25, -0.2) is 9.97 Å². The molecule has 2 aromatic heterocycles. The van der Waals surface area contributed by atoms with E-state index in [9.17, 15) is 4.79 Å². The van der Waals surface area contributed by atoms with Crippen molar-refractivity contribution < 1.29 is 9.53 Å². The molecule has 1 saturated heterocycles. The van der Waals surface area contributed by atoms with Gasteiger partial charge in [-0.1, -0.05) is 0 Å². The van der Waals surface area contributed by atoms with E-state index in [0.29, 0.717) is 18.1 Å². The van der Waals surface area contributed by atoms with Gasteiger partial charge >= 0.3 is 0 Å². The van der Waals surface area contributed by atoms with Crippen LogP contribution in [0.25, 0.3) is 0 Å². The van der Waals surface area contributed by atoms with Crippen LogP contribution in [0.3, 0.4) is 0 Å². The van der Waals surface area contributed by atoms with Crippen LogP contribution in [0.1, 0.15) is 47.6 Å². The molecule has 0 aliphatic carbocycles. The third-order valence-electron chi connectivity index (χ3n) is 3.77. The molecule has 6 heteroatoms. The van der Waals surface area contributed by atoms with Gasteiger partial charge < -0.3 is 9.64 Å². The Balaban J connectivity index is 1.84. The lowest BCUT2D eigenvalue weighted by Crippen LogP contribution is -2.38. The highest BCUT2D eigenvalue weighted by molar-refractivity contribution is 7.09. The van der Waals surface area contributed by atoms with Gasteiger partial charge in [-0.2, -0.15) is 0 Å². The average molecular weight is 317 g/mol. The quantitative estimate of drug-likeness (QED) is 0.868. The Kier molecular flexibility index (Phi) is 4.68. The lowest BCUT2D eigenvalue weighted by atomic mass is 10.0. The van der Waals surface area contributed by atoms with Crippen molar-refractivity contribution in [2.24, 2.45) is 0 Å². The summed E-state index contributed by atoms with van der Waals surface area (Å²) in [5, 5.41) is 2.99. The van der Waals surface area contributed by atoms with Crippen molar-refractivity contribution in [3.8, 4) is 5.88 Å². The van der Waals surface area contributed by atoms with Crippen molar-refractivity contribution in [2.45, 2.75) is 32.2 Å². The zero-order valence-electron chi connectivity index (χ0n) is 12.6. The Morgan fingerprint density at radius 1 is 1.41 bits per heavy atom. The first kappa shape index (κ1) is 15.0. The molecule has 2 aromatic rings.